The Morgan fingerprint density at radius 3 is 2.50 bits per heavy atom. The number of benzene rings is 1. The van der Waals surface area contributed by atoms with E-state index in [-0.39, 0.29) is 12.2 Å². The Kier molecular flexibility index (Phi) is 4.09. The molecule has 0 aromatic heterocycles. The van der Waals surface area contributed by atoms with Gasteiger partial charge in [-0.2, -0.15) is 0 Å². The third-order valence-electron chi connectivity index (χ3n) is 3.38. The lowest BCUT2D eigenvalue weighted by atomic mass is 9.95. The summed E-state index contributed by atoms with van der Waals surface area (Å²) in [4.78, 5) is 0. The number of rotatable bonds is 3. The van der Waals surface area contributed by atoms with Crippen molar-refractivity contribution < 1.29 is 19.3 Å². The standard InChI is InChI=1S/C14H20O4/c1-9-6-13(16-2)14(17-3)8-11(9)12-7-10(15)4-5-18-12/h6,8,10,12,15H,4-5,7H2,1-3H3. The van der Waals surface area contributed by atoms with Gasteiger partial charge >= 0.3 is 0 Å². The second-order valence-corrected chi connectivity index (χ2v) is 4.60. The third kappa shape index (κ3) is 2.60. The molecule has 1 heterocycles. The summed E-state index contributed by atoms with van der Waals surface area (Å²) >= 11 is 0. The zero-order valence-electron chi connectivity index (χ0n) is 11.1. The first-order valence-electron chi connectivity index (χ1n) is 6.18. The summed E-state index contributed by atoms with van der Waals surface area (Å²) < 4.78 is 16.3. The Bertz CT molecular complexity index is 417. The quantitative estimate of drug-likeness (QED) is 0.896. The van der Waals surface area contributed by atoms with Crippen molar-refractivity contribution in [3.63, 3.8) is 0 Å². The summed E-state index contributed by atoms with van der Waals surface area (Å²) in [5.41, 5.74) is 2.15. The molecule has 1 saturated heterocycles. The van der Waals surface area contributed by atoms with E-state index in [0.717, 1.165) is 16.9 Å². The Morgan fingerprint density at radius 2 is 1.89 bits per heavy atom. The van der Waals surface area contributed by atoms with E-state index in [1.54, 1.807) is 14.2 Å². The van der Waals surface area contributed by atoms with E-state index in [9.17, 15) is 5.11 Å². The minimum Gasteiger partial charge on any atom is -0.493 e. The molecule has 1 N–H and O–H groups in total. The molecule has 2 rings (SSSR count). The Morgan fingerprint density at radius 1 is 1.22 bits per heavy atom. The third-order valence-corrected chi connectivity index (χ3v) is 3.38. The average Bonchev–Trinajstić information content (AvgIpc) is 2.38. The van der Waals surface area contributed by atoms with Gasteiger partial charge in [0.15, 0.2) is 11.5 Å². The van der Waals surface area contributed by atoms with Crippen LogP contribution < -0.4 is 9.47 Å². The first-order chi connectivity index (χ1) is 8.65. The van der Waals surface area contributed by atoms with Crippen LogP contribution in [-0.2, 0) is 4.74 Å². The molecule has 4 heteroatoms. The summed E-state index contributed by atoms with van der Waals surface area (Å²) in [7, 11) is 3.24. The molecule has 1 aromatic rings. The number of aliphatic hydroxyl groups excluding tert-OH is 1. The van der Waals surface area contributed by atoms with E-state index in [2.05, 4.69) is 0 Å². The minimum atomic E-state index is -0.281. The van der Waals surface area contributed by atoms with Crippen LogP contribution in [0.2, 0.25) is 0 Å². The van der Waals surface area contributed by atoms with Gasteiger partial charge in [-0.15, -0.1) is 0 Å². The summed E-state index contributed by atoms with van der Waals surface area (Å²) in [5, 5.41) is 9.72. The van der Waals surface area contributed by atoms with Crippen molar-refractivity contribution in [3.05, 3.63) is 23.3 Å². The molecule has 2 atom stereocenters. The van der Waals surface area contributed by atoms with Crippen molar-refractivity contribution in [2.75, 3.05) is 20.8 Å². The zero-order valence-corrected chi connectivity index (χ0v) is 11.1. The van der Waals surface area contributed by atoms with E-state index in [0.29, 0.717) is 25.2 Å². The monoisotopic (exact) mass is 252 g/mol. The van der Waals surface area contributed by atoms with Crippen LogP contribution in [-0.4, -0.2) is 32.0 Å². The minimum absolute atomic E-state index is 0.0615. The van der Waals surface area contributed by atoms with Crippen molar-refractivity contribution in [1.82, 2.24) is 0 Å². The predicted octanol–water partition coefficient (Wildman–Crippen LogP) is 2.22. The van der Waals surface area contributed by atoms with Crippen LogP contribution in [0.15, 0.2) is 12.1 Å². The van der Waals surface area contributed by atoms with Crippen molar-refractivity contribution in [2.24, 2.45) is 0 Å². The predicted molar refractivity (Wildman–Crippen MR) is 68.2 cm³/mol. The topological polar surface area (TPSA) is 47.9 Å². The van der Waals surface area contributed by atoms with Gasteiger partial charge < -0.3 is 19.3 Å². The second kappa shape index (κ2) is 5.59. The fourth-order valence-corrected chi connectivity index (χ4v) is 2.34. The summed E-state index contributed by atoms with van der Waals surface area (Å²) in [5.74, 6) is 1.41. The lowest BCUT2D eigenvalue weighted by Gasteiger charge is -2.28. The highest BCUT2D eigenvalue weighted by molar-refractivity contribution is 5.47. The maximum absolute atomic E-state index is 9.72. The van der Waals surface area contributed by atoms with Gasteiger partial charge in [-0.1, -0.05) is 0 Å². The number of aliphatic hydroxyl groups is 1. The van der Waals surface area contributed by atoms with Gasteiger partial charge in [-0.3, -0.25) is 0 Å². The fraction of sp³-hybridized carbons (Fsp3) is 0.571. The highest BCUT2D eigenvalue weighted by Gasteiger charge is 2.24. The molecule has 18 heavy (non-hydrogen) atoms. The molecule has 4 nitrogen and oxygen atoms in total. The van der Waals surface area contributed by atoms with Gasteiger partial charge in [0.25, 0.3) is 0 Å². The molecule has 1 aliphatic heterocycles. The van der Waals surface area contributed by atoms with Gasteiger partial charge in [0, 0.05) is 13.0 Å². The zero-order chi connectivity index (χ0) is 13.1. The van der Waals surface area contributed by atoms with Crippen LogP contribution in [0.4, 0.5) is 0 Å². The molecule has 1 aromatic carbocycles. The number of methoxy groups -OCH3 is 2. The van der Waals surface area contributed by atoms with Gasteiger partial charge in [-0.25, -0.2) is 0 Å². The molecular formula is C14H20O4. The van der Waals surface area contributed by atoms with Crippen molar-refractivity contribution in [1.29, 1.82) is 0 Å². The number of hydrogen-bond acceptors (Lipinski definition) is 4. The van der Waals surface area contributed by atoms with Gasteiger partial charge in [-0.05, 0) is 36.6 Å². The van der Waals surface area contributed by atoms with E-state index < -0.39 is 0 Å². The first-order valence-corrected chi connectivity index (χ1v) is 6.18. The number of aryl methyl sites for hydroxylation is 1. The number of ether oxygens (including phenoxy) is 3. The van der Waals surface area contributed by atoms with Crippen molar-refractivity contribution in [2.45, 2.75) is 32.0 Å². The normalized spacial score (nSPS) is 23.8. The molecule has 0 radical (unpaired) electrons. The molecule has 0 saturated carbocycles. The first kappa shape index (κ1) is 13.2. The van der Waals surface area contributed by atoms with Gasteiger partial charge in [0.05, 0.1) is 26.4 Å². The summed E-state index contributed by atoms with van der Waals surface area (Å²) in [6.45, 7) is 2.61. The van der Waals surface area contributed by atoms with E-state index in [4.69, 9.17) is 14.2 Å². The largest absolute Gasteiger partial charge is 0.493 e. The van der Waals surface area contributed by atoms with Crippen LogP contribution in [0.25, 0.3) is 0 Å². The highest BCUT2D eigenvalue weighted by atomic mass is 16.5. The molecule has 0 spiro atoms. The van der Waals surface area contributed by atoms with Crippen LogP contribution in [0.1, 0.15) is 30.1 Å². The SMILES string of the molecule is COc1cc(C)c(C2CC(O)CCO2)cc1OC. The van der Waals surface area contributed by atoms with Crippen molar-refractivity contribution >= 4 is 0 Å². The summed E-state index contributed by atoms with van der Waals surface area (Å²) in [6.07, 6.45) is 1.00. The molecule has 0 aliphatic carbocycles. The lowest BCUT2D eigenvalue weighted by molar-refractivity contribution is -0.0451. The molecule has 2 unspecified atom stereocenters. The van der Waals surface area contributed by atoms with Crippen LogP contribution in [0.3, 0.4) is 0 Å². The fourth-order valence-electron chi connectivity index (χ4n) is 2.34. The maximum Gasteiger partial charge on any atom is 0.161 e. The average molecular weight is 252 g/mol. The Hall–Kier alpha value is -1.26. The van der Waals surface area contributed by atoms with Crippen LogP contribution in [0, 0.1) is 6.92 Å². The molecule has 0 amide bonds. The molecule has 100 valence electrons. The Labute approximate surface area is 107 Å². The molecule has 1 fully saturated rings. The summed E-state index contributed by atoms with van der Waals surface area (Å²) in [6, 6.07) is 3.88. The highest BCUT2D eigenvalue weighted by Crippen LogP contribution is 2.37. The van der Waals surface area contributed by atoms with E-state index in [1.807, 2.05) is 19.1 Å². The van der Waals surface area contributed by atoms with Crippen LogP contribution in [0.5, 0.6) is 11.5 Å². The lowest BCUT2D eigenvalue weighted by Crippen LogP contribution is -2.23. The second-order valence-electron chi connectivity index (χ2n) is 4.60. The smallest absolute Gasteiger partial charge is 0.161 e. The van der Waals surface area contributed by atoms with E-state index in [1.165, 1.54) is 0 Å². The number of hydrogen-bond donors (Lipinski definition) is 1. The van der Waals surface area contributed by atoms with E-state index >= 15 is 0 Å². The molecule has 0 bridgehead atoms. The molecular weight excluding hydrogens is 232 g/mol. The molecule has 1 aliphatic rings. The maximum atomic E-state index is 9.72. The van der Waals surface area contributed by atoms with Gasteiger partial charge in [0.2, 0.25) is 0 Å². The van der Waals surface area contributed by atoms with Gasteiger partial charge in [0.1, 0.15) is 0 Å². The Balaban J connectivity index is 2.32. The van der Waals surface area contributed by atoms with Crippen molar-refractivity contribution in [3.8, 4) is 11.5 Å². The van der Waals surface area contributed by atoms with Crippen LogP contribution >= 0.6 is 0 Å².